The third-order valence-electron chi connectivity index (χ3n) is 12.7. The van der Waals surface area contributed by atoms with Gasteiger partial charge in [-0.2, -0.15) is 0 Å². The van der Waals surface area contributed by atoms with Crippen LogP contribution >= 0.6 is 0 Å². The normalized spacial score (nSPS) is 10.9. The number of rotatable bonds is 12. The molecule has 2 nitrogen and oxygen atoms in total. The van der Waals surface area contributed by atoms with Gasteiger partial charge >= 0.3 is 0 Å². The van der Waals surface area contributed by atoms with E-state index in [2.05, 4.69) is 301 Å². The highest BCUT2D eigenvalue weighted by molar-refractivity contribution is 5.98. The van der Waals surface area contributed by atoms with Crippen LogP contribution in [0.1, 0.15) is 0 Å². The maximum atomic E-state index is 2.44. The Morgan fingerprint density at radius 2 is 0.353 bits per heavy atom. The van der Waals surface area contributed by atoms with E-state index in [0.29, 0.717) is 0 Å². The molecule has 0 radical (unpaired) electrons. The van der Waals surface area contributed by atoms with Crippen molar-refractivity contribution in [2.75, 3.05) is 9.80 Å². The Hall–Kier alpha value is -8.98. The van der Waals surface area contributed by atoms with E-state index in [-0.39, 0.29) is 0 Å². The van der Waals surface area contributed by atoms with Crippen molar-refractivity contribution in [3.8, 4) is 66.8 Å². The van der Waals surface area contributed by atoms with Gasteiger partial charge < -0.3 is 9.80 Å². The first-order valence-electron chi connectivity index (χ1n) is 23.3. The van der Waals surface area contributed by atoms with Gasteiger partial charge in [-0.15, -0.1) is 0 Å². The van der Waals surface area contributed by atoms with Crippen LogP contribution in [-0.4, -0.2) is 0 Å². The third kappa shape index (κ3) is 8.63. The van der Waals surface area contributed by atoms with Crippen molar-refractivity contribution in [2.45, 2.75) is 0 Å². The van der Waals surface area contributed by atoms with Crippen molar-refractivity contribution in [3.63, 3.8) is 0 Å². The third-order valence-corrected chi connectivity index (χ3v) is 12.7. The van der Waals surface area contributed by atoms with Gasteiger partial charge in [-0.3, -0.25) is 0 Å². The van der Waals surface area contributed by atoms with Crippen molar-refractivity contribution >= 4 is 34.1 Å². The molecule has 0 unspecified atom stereocenters. The van der Waals surface area contributed by atoms with Gasteiger partial charge in [0, 0.05) is 22.5 Å². The van der Waals surface area contributed by atoms with Crippen molar-refractivity contribution in [1.82, 2.24) is 0 Å². The first-order valence-corrected chi connectivity index (χ1v) is 23.3. The van der Waals surface area contributed by atoms with Gasteiger partial charge in [0.1, 0.15) is 0 Å². The van der Waals surface area contributed by atoms with Crippen LogP contribution in [0, 0.1) is 0 Å². The Morgan fingerprint density at radius 1 is 0.147 bits per heavy atom. The lowest BCUT2D eigenvalue weighted by Crippen LogP contribution is -2.18. The van der Waals surface area contributed by atoms with E-state index in [1.54, 1.807) is 0 Å². The number of hydrogen-bond acceptors (Lipinski definition) is 2. The van der Waals surface area contributed by atoms with Gasteiger partial charge in [0.05, 0.1) is 22.7 Å². The molecule has 0 aliphatic rings. The fourth-order valence-corrected chi connectivity index (χ4v) is 9.30. The summed E-state index contributed by atoms with van der Waals surface area (Å²) in [5.74, 6) is 0. The molecule has 0 aliphatic carbocycles. The fraction of sp³-hybridized carbons (Fsp3) is 0. The van der Waals surface area contributed by atoms with E-state index in [4.69, 9.17) is 0 Å². The van der Waals surface area contributed by atoms with Crippen LogP contribution in [-0.2, 0) is 0 Å². The molecule has 0 saturated carbocycles. The predicted molar refractivity (Wildman–Crippen MR) is 288 cm³/mol. The Labute approximate surface area is 400 Å². The van der Waals surface area contributed by atoms with Gasteiger partial charge in [-0.1, -0.05) is 243 Å². The lowest BCUT2D eigenvalue weighted by Gasteiger charge is -2.35. The lowest BCUT2D eigenvalue weighted by molar-refractivity contribution is 1.23. The Balaban J connectivity index is 1.10. The quantitative estimate of drug-likeness (QED) is 0.121. The first-order chi connectivity index (χ1) is 33.7. The zero-order chi connectivity index (χ0) is 45.5. The fourth-order valence-electron chi connectivity index (χ4n) is 9.30. The van der Waals surface area contributed by atoms with Crippen LogP contribution in [0.25, 0.3) is 66.8 Å². The van der Waals surface area contributed by atoms with Gasteiger partial charge in [0.15, 0.2) is 0 Å². The van der Waals surface area contributed by atoms with Crippen LogP contribution in [0.2, 0.25) is 0 Å². The van der Waals surface area contributed by atoms with E-state index in [1.165, 1.54) is 44.5 Å². The molecule has 11 rings (SSSR count). The van der Waals surface area contributed by atoms with Crippen LogP contribution in [0.3, 0.4) is 0 Å². The molecule has 0 bridgehead atoms. The Bertz CT molecular complexity index is 3150. The summed E-state index contributed by atoms with van der Waals surface area (Å²) in [6.45, 7) is 0. The molecule has 0 amide bonds. The molecule has 68 heavy (non-hydrogen) atoms. The molecule has 0 spiro atoms. The molecule has 0 atom stereocenters. The number of hydrogen-bond donors (Lipinski definition) is 0. The van der Waals surface area contributed by atoms with Gasteiger partial charge in [-0.25, -0.2) is 0 Å². The standard InChI is InChI=1S/C66H48N2/c1-5-19-49(20-6-1)53-33-37-57(38-34-53)61-27-13-15-29-63(61)67(59-45-41-55(42-46-59)51-23-9-3-10-24-51)65-31-17-18-32-66(65)68(60-47-43-56(44-48-60)52-25-11-4-12-26-52)64-30-16-14-28-62(64)58-39-35-54(36-40-58)50-21-7-2-8-22-50/h1-48H. The van der Waals surface area contributed by atoms with Crippen molar-refractivity contribution in [2.24, 2.45) is 0 Å². The molecule has 0 heterocycles. The van der Waals surface area contributed by atoms with Gasteiger partial charge in [-0.05, 0) is 104 Å². The predicted octanol–water partition coefficient (Wildman–Crippen LogP) is 18.6. The largest absolute Gasteiger partial charge is 0.308 e. The SMILES string of the molecule is c1ccc(-c2ccc(-c3ccccc3N(c3ccc(-c4ccccc4)cc3)c3ccccc3N(c3ccc(-c4ccccc4)cc3)c3ccccc3-c3ccc(-c4ccccc4)cc3)cc2)cc1. The van der Waals surface area contributed by atoms with Crippen molar-refractivity contribution in [3.05, 3.63) is 291 Å². The molecule has 2 heteroatoms. The molecule has 0 aromatic heterocycles. The molecule has 0 aliphatic heterocycles. The molecule has 0 N–H and O–H groups in total. The average Bonchev–Trinajstić information content (AvgIpc) is 3.43. The monoisotopic (exact) mass is 868 g/mol. The summed E-state index contributed by atoms with van der Waals surface area (Å²) in [5.41, 5.74) is 20.3. The number of para-hydroxylation sites is 4. The average molecular weight is 869 g/mol. The van der Waals surface area contributed by atoms with Gasteiger partial charge in [0.2, 0.25) is 0 Å². The summed E-state index contributed by atoms with van der Waals surface area (Å²) >= 11 is 0. The summed E-state index contributed by atoms with van der Waals surface area (Å²) in [6.07, 6.45) is 0. The van der Waals surface area contributed by atoms with Crippen molar-refractivity contribution in [1.29, 1.82) is 0 Å². The zero-order valence-corrected chi connectivity index (χ0v) is 37.6. The Kier molecular flexibility index (Phi) is 11.8. The van der Waals surface area contributed by atoms with Crippen molar-refractivity contribution < 1.29 is 0 Å². The van der Waals surface area contributed by atoms with Crippen LogP contribution in [0.5, 0.6) is 0 Å². The minimum atomic E-state index is 1.04. The van der Waals surface area contributed by atoms with Crippen LogP contribution < -0.4 is 9.80 Å². The highest BCUT2D eigenvalue weighted by Gasteiger charge is 2.25. The molecule has 0 fully saturated rings. The lowest BCUT2D eigenvalue weighted by atomic mass is 9.97. The van der Waals surface area contributed by atoms with Crippen LogP contribution in [0.15, 0.2) is 291 Å². The second kappa shape index (κ2) is 19.2. The van der Waals surface area contributed by atoms with E-state index < -0.39 is 0 Å². The topological polar surface area (TPSA) is 6.48 Å². The zero-order valence-electron chi connectivity index (χ0n) is 37.6. The number of benzene rings is 11. The summed E-state index contributed by atoms with van der Waals surface area (Å²) in [6, 6.07) is 105. The minimum Gasteiger partial charge on any atom is -0.308 e. The second-order valence-electron chi connectivity index (χ2n) is 16.9. The number of nitrogens with zero attached hydrogens (tertiary/aromatic N) is 2. The van der Waals surface area contributed by atoms with E-state index in [9.17, 15) is 0 Å². The molecule has 0 saturated heterocycles. The highest BCUT2D eigenvalue weighted by Crippen LogP contribution is 2.50. The first kappa shape index (κ1) is 41.7. The van der Waals surface area contributed by atoms with E-state index in [1.807, 2.05) is 0 Å². The molecule has 11 aromatic carbocycles. The maximum Gasteiger partial charge on any atom is 0.0702 e. The smallest absolute Gasteiger partial charge is 0.0702 e. The molecule has 322 valence electrons. The number of anilines is 6. The maximum absolute atomic E-state index is 2.44. The second-order valence-corrected chi connectivity index (χ2v) is 16.9. The van der Waals surface area contributed by atoms with E-state index >= 15 is 0 Å². The van der Waals surface area contributed by atoms with Crippen LogP contribution in [0.4, 0.5) is 34.1 Å². The molecular weight excluding hydrogens is 821 g/mol. The highest BCUT2D eigenvalue weighted by atomic mass is 15.2. The van der Waals surface area contributed by atoms with Gasteiger partial charge in [0.25, 0.3) is 0 Å². The molecule has 11 aromatic rings. The minimum absolute atomic E-state index is 1.04. The summed E-state index contributed by atoms with van der Waals surface area (Å²) in [5, 5.41) is 0. The Morgan fingerprint density at radius 3 is 0.647 bits per heavy atom. The van der Waals surface area contributed by atoms with E-state index in [0.717, 1.165) is 56.4 Å². The summed E-state index contributed by atoms with van der Waals surface area (Å²) in [4.78, 5) is 4.88. The summed E-state index contributed by atoms with van der Waals surface area (Å²) < 4.78 is 0. The summed E-state index contributed by atoms with van der Waals surface area (Å²) in [7, 11) is 0. The molecular formula is C66H48N2.